The second-order valence-electron chi connectivity index (χ2n) is 5.38. The van der Waals surface area contributed by atoms with Gasteiger partial charge in [-0.3, -0.25) is 4.90 Å². The smallest absolute Gasteiger partial charge is 0.120 e. The van der Waals surface area contributed by atoms with Gasteiger partial charge < -0.3 is 9.64 Å². The van der Waals surface area contributed by atoms with Crippen LogP contribution >= 0.6 is 0 Å². The van der Waals surface area contributed by atoms with E-state index in [1.807, 2.05) is 6.07 Å². The third kappa shape index (κ3) is 3.87. The summed E-state index contributed by atoms with van der Waals surface area (Å²) in [7, 11) is 1.72. The second kappa shape index (κ2) is 6.80. The van der Waals surface area contributed by atoms with E-state index in [4.69, 9.17) is 4.74 Å². The lowest BCUT2D eigenvalue weighted by atomic mass is 10.1. The van der Waals surface area contributed by atoms with Crippen LogP contribution in [0.4, 0.5) is 5.69 Å². The normalized spacial score (nSPS) is 18.4. The highest BCUT2D eigenvalue weighted by Gasteiger charge is 2.18. The molecule has 1 saturated heterocycles. The average molecular weight is 261 g/mol. The summed E-state index contributed by atoms with van der Waals surface area (Å²) < 4.78 is 5.29. The largest absolute Gasteiger partial charge is 0.497 e. The SMILES string of the molecule is [CH2]CC(C)CN1CCN(c2cccc(OC)c2)CC1. The summed E-state index contributed by atoms with van der Waals surface area (Å²) in [6.45, 7) is 11.9. The monoisotopic (exact) mass is 261 g/mol. The number of piperazine rings is 1. The van der Waals surface area contributed by atoms with Gasteiger partial charge in [0.25, 0.3) is 0 Å². The van der Waals surface area contributed by atoms with E-state index < -0.39 is 0 Å². The Bertz CT molecular complexity index is 386. The van der Waals surface area contributed by atoms with Crippen LogP contribution in [0.25, 0.3) is 0 Å². The molecule has 0 amide bonds. The van der Waals surface area contributed by atoms with Crippen LogP contribution in [0.5, 0.6) is 5.75 Å². The van der Waals surface area contributed by atoms with Gasteiger partial charge in [0.1, 0.15) is 5.75 Å². The molecule has 1 aromatic rings. The van der Waals surface area contributed by atoms with Crippen molar-refractivity contribution >= 4 is 5.69 Å². The first-order valence-corrected chi connectivity index (χ1v) is 7.13. The van der Waals surface area contributed by atoms with Gasteiger partial charge in [-0.25, -0.2) is 0 Å². The van der Waals surface area contributed by atoms with Crippen LogP contribution in [-0.2, 0) is 0 Å². The number of anilines is 1. The third-order valence-corrected chi connectivity index (χ3v) is 3.85. The Balaban J connectivity index is 1.88. The molecule has 19 heavy (non-hydrogen) atoms. The lowest BCUT2D eigenvalue weighted by Crippen LogP contribution is -2.47. The fraction of sp³-hybridized carbons (Fsp3) is 0.562. The summed E-state index contributed by atoms with van der Waals surface area (Å²) in [6.07, 6.45) is 1.02. The highest BCUT2D eigenvalue weighted by atomic mass is 16.5. The number of ether oxygens (including phenoxy) is 1. The van der Waals surface area contributed by atoms with Crippen molar-refractivity contribution in [3.63, 3.8) is 0 Å². The highest BCUT2D eigenvalue weighted by Crippen LogP contribution is 2.22. The molecule has 1 radical (unpaired) electrons. The molecule has 3 heteroatoms. The molecule has 1 aliphatic heterocycles. The minimum absolute atomic E-state index is 0.698. The van der Waals surface area contributed by atoms with E-state index in [-0.39, 0.29) is 0 Å². The Hall–Kier alpha value is -1.22. The van der Waals surface area contributed by atoms with Crippen molar-refractivity contribution < 1.29 is 4.74 Å². The summed E-state index contributed by atoms with van der Waals surface area (Å²) in [5, 5.41) is 0. The fourth-order valence-electron chi connectivity index (χ4n) is 2.53. The lowest BCUT2D eigenvalue weighted by Gasteiger charge is -2.37. The molecule has 1 fully saturated rings. The molecule has 1 unspecified atom stereocenters. The maximum atomic E-state index is 5.29. The van der Waals surface area contributed by atoms with Crippen molar-refractivity contribution in [3.05, 3.63) is 31.2 Å². The highest BCUT2D eigenvalue weighted by molar-refractivity contribution is 5.51. The van der Waals surface area contributed by atoms with E-state index in [9.17, 15) is 0 Å². The molecule has 0 N–H and O–H groups in total. The number of hydrogen-bond donors (Lipinski definition) is 0. The zero-order valence-corrected chi connectivity index (χ0v) is 12.1. The van der Waals surface area contributed by atoms with Gasteiger partial charge in [0.2, 0.25) is 0 Å². The van der Waals surface area contributed by atoms with E-state index in [1.54, 1.807) is 7.11 Å². The lowest BCUT2D eigenvalue weighted by molar-refractivity contribution is 0.225. The van der Waals surface area contributed by atoms with Crippen molar-refractivity contribution in [1.29, 1.82) is 0 Å². The molecular formula is C16H25N2O. The van der Waals surface area contributed by atoms with Gasteiger partial charge in [0.15, 0.2) is 0 Å². The second-order valence-corrected chi connectivity index (χ2v) is 5.38. The Kier molecular flexibility index (Phi) is 5.08. The molecule has 1 heterocycles. The Morgan fingerprint density at radius 1 is 1.26 bits per heavy atom. The van der Waals surface area contributed by atoms with Crippen LogP contribution in [0.15, 0.2) is 24.3 Å². The van der Waals surface area contributed by atoms with Gasteiger partial charge in [0.05, 0.1) is 7.11 Å². The number of rotatable bonds is 5. The number of benzene rings is 1. The van der Waals surface area contributed by atoms with E-state index in [0.717, 1.165) is 38.3 Å². The number of nitrogens with zero attached hydrogens (tertiary/aromatic N) is 2. The van der Waals surface area contributed by atoms with Crippen LogP contribution in [0, 0.1) is 12.8 Å². The van der Waals surface area contributed by atoms with E-state index in [0.29, 0.717) is 5.92 Å². The molecule has 0 bridgehead atoms. The summed E-state index contributed by atoms with van der Waals surface area (Å²) in [5.74, 6) is 1.63. The molecule has 3 nitrogen and oxygen atoms in total. The predicted molar refractivity (Wildman–Crippen MR) is 80.8 cm³/mol. The zero-order valence-electron chi connectivity index (χ0n) is 12.1. The van der Waals surface area contributed by atoms with Crippen molar-refractivity contribution in [3.8, 4) is 5.75 Å². The summed E-state index contributed by atoms with van der Waals surface area (Å²) in [4.78, 5) is 4.99. The molecule has 1 aromatic carbocycles. The number of hydrogen-bond acceptors (Lipinski definition) is 3. The topological polar surface area (TPSA) is 15.7 Å². The first kappa shape index (κ1) is 14.2. The molecule has 1 aliphatic rings. The fourth-order valence-corrected chi connectivity index (χ4v) is 2.53. The Morgan fingerprint density at radius 3 is 2.63 bits per heavy atom. The van der Waals surface area contributed by atoms with Crippen LogP contribution in [-0.4, -0.2) is 44.7 Å². The Morgan fingerprint density at radius 2 is 2.00 bits per heavy atom. The summed E-state index contributed by atoms with van der Waals surface area (Å²) in [6, 6.07) is 8.34. The van der Waals surface area contributed by atoms with Gasteiger partial charge in [-0.1, -0.05) is 19.9 Å². The summed E-state index contributed by atoms with van der Waals surface area (Å²) in [5.41, 5.74) is 1.27. The Labute approximate surface area is 117 Å². The van der Waals surface area contributed by atoms with Crippen LogP contribution < -0.4 is 9.64 Å². The average Bonchev–Trinajstić information content (AvgIpc) is 2.48. The van der Waals surface area contributed by atoms with Gasteiger partial charge >= 0.3 is 0 Å². The van der Waals surface area contributed by atoms with E-state index in [2.05, 4.69) is 41.8 Å². The first-order chi connectivity index (χ1) is 9.22. The molecule has 2 rings (SSSR count). The van der Waals surface area contributed by atoms with Gasteiger partial charge in [0, 0.05) is 44.5 Å². The minimum atomic E-state index is 0.698. The minimum Gasteiger partial charge on any atom is -0.497 e. The quantitative estimate of drug-likeness (QED) is 0.810. The maximum absolute atomic E-state index is 5.29. The molecular weight excluding hydrogens is 236 g/mol. The number of methoxy groups -OCH3 is 1. The standard InChI is InChI=1S/C16H25N2O/c1-4-14(2)13-17-8-10-18(11-9-17)15-6-5-7-16(12-15)19-3/h5-7,12,14H,1,4,8-11,13H2,2-3H3. The first-order valence-electron chi connectivity index (χ1n) is 7.13. The van der Waals surface area contributed by atoms with Crippen molar-refractivity contribution in [2.75, 3.05) is 44.7 Å². The molecule has 0 aromatic heterocycles. The maximum Gasteiger partial charge on any atom is 0.120 e. The third-order valence-electron chi connectivity index (χ3n) is 3.85. The van der Waals surface area contributed by atoms with Crippen LogP contribution in [0.3, 0.4) is 0 Å². The van der Waals surface area contributed by atoms with Crippen LogP contribution in [0.1, 0.15) is 13.3 Å². The van der Waals surface area contributed by atoms with E-state index >= 15 is 0 Å². The molecule has 1 atom stereocenters. The zero-order chi connectivity index (χ0) is 13.7. The molecule has 105 valence electrons. The van der Waals surface area contributed by atoms with Crippen molar-refractivity contribution in [1.82, 2.24) is 4.90 Å². The molecule has 0 spiro atoms. The molecule has 0 aliphatic carbocycles. The van der Waals surface area contributed by atoms with Crippen LogP contribution in [0.2, 0.25) is 0 Å². The van der Waals surface area contributed by atoms with E-state index in [1.165, 1.54) is 12.2 Å². The summed E-state index contributed by atoms with van der Waals surface area (Å²) >= 11 is 0. The van der Waals surface area contributed by atoms with Gasteiger partial charge in [-0.2, -0.15) is 0 Å². The predicted octanol–water partition coefficient (Wildman–Crippen LogP) is 2.68. The van der Waals surface area contributed by atoms with Gasteiger partial charge in [-0.05, 0) is 24.5 Å². The molecule has 0 saturated carbocycles. The van der Waals surface area contributed by atoms with Crippen molar-refractivity contribution in [2.24, 2.45) is 5.92 Å². The van der Waals surface area contributed by atoms with Gasteiger partial charge in [-0.15, -0.1) is 0 Å². The van der Waals surface area contributed by atoms with Crippen molar-refractivity contribution in [2.45, 2.75) is 13.3 Å².